The molecule has 0 spiro atoms. The van der Waals surface area contributed by atoms with E-state index in [-0.39, 0.29) is 56.1 Å². The number of aryl methyl sites for hydroxylation is 1. The monoisotopic (exact) mass is 442 g/mol. The van der Waals surface area contributed by atoms with Crippen LogP contribution in [0.15, 0.2) is 24.3 Å². The van der Waals surface area contributed by atoms with Gasteiger partial charge in [0.15, 0.2) is 0 Å². The molecule has 0 heterocycles. The van der Waals surface area contributed by atoms with E-state index in [1.165, 1.54) is 6.07 Å². The van der Waals surface area contributed by atoms with Gasteiger partial charge in [-0.15, -0.1) is 0 Å². The summed E-state index contributed by atoms with van der Waals surface area (Å²) in [6, 6.07) is 5.82. The number of ether oxygens (including phenoxy) is 1. The van der Waals surface area contributed by atoms with Crippen molar-refractivity contribution in [1.82, 2.24) is 10.6 Å². The minimum Gasteiger partial charge on any atom is -0.483 e. The van der Waals surface area contributed by atoms with E-state index in [4.69, 9.17) is 19.7 Å². The van der Waals surface area contributed by atoms with Crippen molar-refractivity contribution >= 4 is 18.3 Å². The smallest absolute Gasteiger partial charge is 0.290 e. The molecule has 0 bridgehead atoms. The molecule has 9 nitrogen and oxygen atoms in total. The van der Waals surface area contributed by atoms with Gasteiger partial charge in [-0.25, -0.2) is 4.39 Å². The van der Waals surface area contributed by atoms with Crippen LogP contribution in [0.5, 0.6) is 0 Å². The molecular formula is C21H31FN2O7. The fourth-order valence-corrected chi connectivity index (χ4v) is 3.33. The normalized spacial score (nSPS) is 20.2. The number of aliphatic hydroxyl groups is 2. The third-order valence-electron chi connectivity index (χ3n) is 4.89. The molecule has 2 rings (SSSR count). The molecule has 1 fully saturated rings. The number of carbonyl (C=O) groups excluding carboxylic acids is 2. The van der Waals surface area contributed by atoms with Gasteiger partial charge in [0.1, 0.15) is 5.82 Å². The minimum atomic E-state index is -0.700. The molecule has 0 aliphatic heterocycles. The Hall–Kier alpha value is -2.56. The van der Waals surface area contributed by atoms with Crippen LogP contribution in [-0.2, 0) is 25.5 Å². The molecular weight excluding hydrogens is 411 g/mol. The van der Waals surface area contributed by atoms with Crippen molar-refractivity contribution in [2.45, 2.75) is 44.2 Å². The zero-order valence-electron chi connectivity index (χ0n) is 17.3. The maximum absolute atomic E-state index is 13.6. The lowest BCUT2D eigenvalue weighted by molar-refractivity contribution is -0.129. The fourth-order valence-electron chi connectivity index (χ4n) is 3.33. The van der Waals surface area contributed by atoms with Crippen LogP contribution in [0.25, 0.3) is 0 Å². The summed E-state index contributed by atoms with van der Waals surface area (Å²) >= 11 is 0. The lowest BCUT2D eigenvalue weighted by atomic mass is 9.83. The van der Waals surface area contributed by atoms with E-state index < -0.39 is 12.1 Å². The van der Waals surface area contributed by atoms with Crippen LogP contribution in [0, 0.1) is 11.7 Å². The van der Waals surface area contributed by atoms with Crippen molar-refractivity contribution in [3.05, 3.63) is 35.6 Å². The molecule has 0 unspecified atom stereocenters. The van der Waals surface area contributed by atoms with Gasteiger partial charge in [-0.3, -0.25) is 14.4 Å². The summed E-state index contributed by atoms with van der Waals surface area (Å²) in [5.41, 5.74) is 0.475. The molecule has 31 heavy (non-hydrogen) atoms. The number of carbonyl (C=O) groups is 3. The molecule has 0 radical (unpaired) electrons. The highest BCUT2D eigenvalue weighted by atomic mass is 19.1. The van der Waals surface area contributed by atoms with E-state index in [0.717, 1.165) is 0 Å². The van der Waals surface area contributed by atoms with Crippen molar-refractivity contribution < 1.29 is 38.8 Å². The number of aliphatic hydroxyl groups excluding tert-OH is 2. The highest BCUT2D eigenvalue weighted by Gasteiger charge is 2.33. The molecule has 1 aliphatic rings. The first kappa shape index (κ1) is 26.5. The lowest BCUT2D eigenvalue weighted by Gasteiger charge is -2.33. The Morgan fingerprint density at radius 3 is 2.61 bits per heavy atom. The number of amides is 2. The molecule has 10 heteroatoms. The highest BCUT2D eigenvalue weighted by molar-refractivity contribution is 5.79. The van der Waals surface area contributed by atoms with Gasteiger partial charge in [0.05, 0.1) is 32.0 Å². The molecule has 5 N–H and O–H groups in total. The predicted molar refractivity (Wildman–Crippen MR) is 110 cm³/mol. The van der Waals surface area contributed by atoms with E-state index in [1.807, 2.05) is 0 Å². The summed E-state index contributed by atoms with van der Waals surface area (Å²) in [4.78, 5) is 32.8. The summed E-state index contributed by atoms with van der Waals surface area (Å²) in [7, 11) is 0. The zero-order chi connectivity index (χ0) is 23.1. The molecule has 1 aliphatic carbocycles. The van der Waals surface area contributed by atoms with E-state index in [9.17, 15) is 19.1 Å². The van der Waals surface area contributed by atoms with Gasteiger partial charge in [0.25, 0.3) is 6.47 Å². The van der Waals surface area contributed by atoms with Gasteiger partial charge in [-0.05, 0) is 37.3 Å². The molecule has 0 saturated heterocycles. The SMILES string of the molecule is O=C(CCc1ccccc1F)N[C@@H]1C[C@@H](C(=O)NCCOCCO)CC[C@H]1O.O=CO. The number of rotatable bonds is 10. The number of halogens is 1. The van der Waals surface area contributed by atoms with Crippen molar-refractivity contribution in [2.24, 2.45) is 5.92 Å². The first-order valence-corrected chi connectivity index (χ1v) is 10.2. The molecule has 2 amide bonds. The first-order chi connectivity index (χ1) is 14.9. The Morgan fingerprint density at radius 1 is 1.23 bits per heavy atom. The van der Waals surface area contributed by atoms with E-state index >= 15 is 0 Å². The quantitative estimate of drug-likeness (QED) is 0.258. The van der Waals surface area contributed by atoms with Gasteiger partial charge in [0.2, 0.25) is 11.8 Å². The van der Waals surface area contributed by atoms with Crippen LogP contribution in [0.2, 0.25) is 0 Å². The van der Waals surface area contributed by atoms with Gasteiger partial charge >= 0.3 is 0 Å². The molecule has 1 saturated carbocycles. The zero-order valence-corrected chi connectivity index (χ0v) is 17.3. The number of carboxylic acid groups (broad SMARTS) is 1. The summed E-state index contributed by atoms with van der Waals surface area (Å²) in [5.74, 6) is -1.04. The van der Waals surface area contributed by atoms with Crippen molar-refractivity contribution in [3.63, 3.8) is 0 Å². The van der Waals surface area contributed by atoms with Crippen LogP contribution >= 0.6 is 0 Å². The molecule has 1 aromatic carbocycles. The summed E-state index contributed by atoms with van der Waals surface area (Å²) in [5, 5.41) is 31.2. The van der Waals surface area contributed by atoms with Crippen molar-refractivity contribution in [2.75, 3.05) is 26.4 Å². The molecule has 1 aromatic rings. The maximum Gasteiger partial charge on any atom is 0.290 e. The van der Waals surface area contributed by atoms with Crippen LogP contribution in [0.1, 0.15) is 31.2 Å². The first-order valence-electron chi connectivity index (χ1n) is 10.2. The number of hydrogen-bond acceptors (Lipinski definition) is 6. The molecule has 3 atom stereocenters. The van der Waals surface area contributed by atoms with Gasteiger partial charge in [0, 0.05) is 18.9 Å². The van der Waals surface area contributed by atoms with Gasteiger partial charge < -0.3 is 30.7 Å². The van der Waals surface area contributed by atoms with E-state index in [0.29, 0.717) is 38.0 Å². The van der Waals surface area contributed by atoms with Gasteiger partial charge in [-0.1, -0.05) is 18.2 Å². The lowest BCUT2D eigenvalue weighted by Crippen LogP contribution is -2.49. The average Bonchev–Trinajstić information content (AvgIpc) is 2.75. The average molecular weight is 442 g/mol. The molecule has 174 valence electrons. The van der Waals surface area contributed by atoms with Crippen LogP contribution < -0.4 is 10.6 Å². The Balaban J connectivity index is 0.00000151. The second-order valence-corrected chi connectivity index (χ2v) is 7.08. The number of hydrogen-bond donors (Lipinski definition) is 5. The van der Waals surface area contributed by atoms with Gasteiger partial charge in [-0.2, -0.15) is 0 Å². The van der Waals surface area contributed by atoms with Crippen molar-refractivity contribution in [1.29, 1.82) is 0 Å². The topological polar surface area (TPSA) is 145 Å². The maximum atomic E-state index is 13.6. The predicted octanol–water partition coefficient (Wildman–Crippen LogP) is 0.230. The summed E-state index contributed by atoms with van der Waals surface area (Å²) in [6.07, 6.45) is 1.02. The standard InChI is InChI=1S/C20H29FN2O5.CH2O2/c21-16-4-2-1-3-14(16)6-8-19(26)23-17-13-15(5-7-18(17)25)20(27)22-9-11-28-12-10-24;2-1-3/h1-4,15,17-18,24-25H,5-13H2,(H,22,27)(H,23,26);1H,(H,2,3)/t15-,17+,18+;/m0./s1. The second kappa shape index (κ2) is 15.3. The largest absolute Gasteiger partial charge is 0.483 e. The van der Waals surface area contributed by atoms with Crippen LogP contribution in [0.3, 0.4) is 0 Å². The summed E-state index contributed by atoms with van der Waals surface area (Å²) in [6.45, 7) is 0.578. The van der Waals surface area contributed by atoms with E-state index in [2.05, 4.69) is 10.6 Å². The summed E-state index contributed by atoms with van der Waals surface area (Å²) < 4.78 is 18.7. The second-order valence-electron chi connectivity index (χ2n) is 7.08. The molecule has 0 aromatic heterocycles. The number of nitrogens with one attached hydrogen (secondary N) is 2. The Bertz CT molecular complexity index is 689. The van der Waals surface area contributed by atoms with E-state index in [1.54, 1.807) is 18.2 Å². The Morgan fingerprint density at radius 2 is 1.94 bits per heavy atom. The van der Waals surface area contributed by atoms with Crippen molar-refractivity contribution in [3.8, 4) is 0 Å². The Kier molecular flexibility index (Phi) is 13.0. The number of benzene rings is 1. The third-order valence-corrected chi connectivity index (χ3v) is 4.89. The third kappa shape index (κ3) is 10.3. The minimum absolute atomic E-state index is 0.0627. The highest BCUT2D eigenvalue weighted by Crippen LogP contribution is 2.25. The van der Waals surface area contributed by atoms with Crippen LogP contribution in [-0.4, -0.2) is 72.1 Å². The van der Waals surface area contributed by atoms with Crippen LogP contribution in [0.4, 0.5) is 4.39 Å². The Labute approximate surface area is 180 Å². The fraction of sp³-hybridized carbons (Fsp3) is 0.571.